The molecule has 1 aromatic rings. The van der Waals surface area contributed by atoms with E-state index in [1.54, 1.807) is 19.1 Å². The summed E-state index contributed by atoms with van der Waals surface area (Å²) in [4.78, 5) is 23.3. The predicted octanol–water partition coefficient (Wildman–Crippen LogP) is 3.47. The molecule has 0 aliphatic carbocycles. The van der Waals surface area contributed by atoms with Gasteiger partial charge in [-0.25, -0.2) is 9.59 Å². The molecule has 0 aromatic heterocycles. The van der Waals surface area contributed by atoms with Gasteiger partial charge < -0.3 is 20.1 Å². The number of carbonyl (C=O) groups excluding carboxylic acids is 2. The Balaban J connectivity index is 2.14. The Bertz CT molecular complexity index is 718. The van der Waals surface area contributed by atoms with Gasteiger partial charge in [0.15, 0.2) is 0 Å². The Morgan fingerprint density at radius 1 is 1.39 bits per heavy atom. The van der Waals surface area contributed by atoms with Gasteiger partial charge in [0.2, 0.25) is 0 Å². The predicted molar refractivity (Wildman–Crippen MR) is 98.7 cm³/mol. The molecule has 0 bridgehead atoms. The number of hydrogen-bond donors (Lipinski definition) is 2. The molecule has 28 heavy (non-hydrogen) atoms. The normalized spacial score (nSPS) is 16.7. The van der Waals surface area contributed by atoms with Gasteiger partial charge in [-0.3, -0.25) is 0 Å². The van der Waals surface area contributed by atoms with Crippen molar-refractivity contribution in [1.29, 1.82) is 0 Å². The molecule has 11 heteroatoms. The van der Waals surface area contributed by atoms with Crippen molar-refractivity contribution in [2.45, 2.75) is 30.5 Å². The Labute approximate surface area is 169 Å². The number of benzene rings is 1. The lowest BCUT2D eigenvalue weighted by Crippen LogP contribution is -2.30. The number of hydrogen-bond acceptors (Lipinski definition) is 6. The zero-order valence-corrected chi connectivity index (χ0v) is 16.6. The molecule has 1 aliphatic rings. The third-order valence-electron chi connectivity index (χ3n) is 3.85. The van der Waals surface area contributed by atoms with Gasteiger partial charge in [0, 0.05) is 23.7 Å². The number of rotatable bonds is 6. The van der Waals surface area contributed by atoms with Crippen LogP contribution in [0.25, 0.3) is 0 Å². The van der Waals surface area contributed by atoms with Crippen LogP contribution in [-0.4, -0.2) is 50.2 Å². The number of thioether (sulfide) groups is 1. The molecule has 1 aliphatic heterocycles. The first-order chi connectivity index (χ1) is 13.2. The van der Waals surface area contributed by atoms with Gasteiger partial charge in [0.25, 0.3) is 0 Å². The van der Waals surface area contributed by atoms with Crippen LogP contribution in [0.4, 0.5) is 18.0 Å². The molecule has 1 heterocycles. The lowest BCUT2D eigenvalue weighted by Gasteiger charge is -2.21. The molecule has 1 amide bonds. The number of ether oxygens (including phenoxy) is 2. The van der Waals surface area contributed by atoms with E-state index in [0.29, 0.717) is 40.7 Å². The highest BCUT2D eigenvalue weighted by atomic mass is 35.5. The molecule has 2 N–H and O–H groups in total. The lowest BCUT2D eigenvalue weighted by molar-refractivity contribution is -0.205. The van der Waals surface area contributed by atoms with Gasteiger partial charge in [-0.1, -0.05) is 17.7 Å². The van der Waals surface area contributed by atoms with Crippen molar-refractivity contribution in [3.63, 3.8) is 0 Å². The van der Waals surface area contributed by atoms with Crippen molar-refractivity contribution in [1.82, 2.24) is 10.6 Å². The second-order valence-corrected chi connectivity index (χ2v) is 7.30. The van der Waals surface area contributed by atoms with Crippen LogP contribution in [0.2, 0.25) is 5.02 Å². The largest absolute Gasteiger partial charge is 0.490 e. The third-order valence-corrected chi connectivity index (χ3v) is 5.44. The van der Waals surface area contributed by atoms with Gasteiger partial charge >= 0.3 is 18.2 Å². The van der Waals surface area contributed by atoms with E-state index in [2.05, 4.69) is 15.4 Å². The molecule has 6 nitrogen and oxygen atoms in total. The second-order valence-electron chi connectivity index (χ2n) is 5.79. The van der Waals surface area contributed by atoms with E-state index in [4.69, 9.17) is 16.3 Å². The number of alkyl carbamates (subject to hydrolysis) is 1. The van der Waals surface area contributed by atoms with Gasteiger partial charge in [-0.2, -0.15) is 13.2 Å². The maximum atomic E-state index is 12.6. The SMILES string of the molecule is CCOC(=O)NCCSc1c(Cl)ccc2c1CCNCC2OC(=O)C(F)(F)F. The summed E-state index contributed by atoms with van der Waals surface area (Å²) >= 11 is 7.66. The number of esters is 1. The van der Waals surface area contributed by atoms with E-state index in [9.17, 15) is 22.8 Å². The van der Waals surface area contributed by atoms with E-state index in [1.165, 1.54) is 11.8 Å². The highest BCUT2D eigenvalue weighted by molar-refractivity contribution is 7.99. The highest BCUT2D eigenvalue weighted by Crippen LogP contribution is 2.37. The van der Waals surface area contributed by atoms with E-state index in [0.717, 1.165) is 5.56 Å². The fourth-order valence-corrected chi connectivity index (χ4v) is 4.03. The number of alkyl halides is 3. The number of carbonyl (C=O) groups is 2. The van der Waals surface area contributed by atoms with Gasteiger partial charge in [-0.05, 0) is 37.1 Å². The Kier molecular flexibility index (Phi) is 8.26. The van der Waals surface area contributed by atoms with E-state index in [-0.39, 0.29) is 13.2 Å². The molecule has 0 spiro atoms. The molecule has 2 rings (SSSR count). The summed E-state index contributed by atoms with van der Waals surface area (Å²) in [5.41, 5.74) is 1.23. The molecule has 1 unspecified atom stereocenters. The second kappa shape index (κ2) is 10.2. The van der Waals surface area contributed by atoms with Crippen molar-refractivity contribution in [2.24, 2.45) is 0 Å². The first kappa shape index (κ1) is 22.6. The number of fused-ring (bicyclic) bond motifs is 1. The highest BCUT2D eigenvalue weighted by Gasteiger charge is 2.43. The fraction of sp³-hybridized carbons (Fsp3) is 0.529. The maximum absolute atomic E-state index is 12.6. The van der Waals surface area contributed by atoms with Crippen molar-refractivity contribution in [3.05, 3.63) is 28.3 Å². The van der Waals surface area contributed by atoms with Crippen molar-refractivity contribution >= 4 is 35.4 Å². The minimum Gasteiger partial charge on any atom is -0.450 e. The van der Waals surface area contributed by atoms with Crippen LogP contribution >= 0.6 is 23.4 Å². The van der Waals surface area contributed by atoms with E-state index in [1.807, 2.05) is 0 Å². The summed E-state index contributed by atoms with van der Waals surface area (Å²) in [5, 5.41) is 6.01. The summed E-state index contributed by atoms with van der Waals surface area (Å²) < 4.78 is 47.2. The third kappa shape index (κ3) is 6.18. The van der Waals surface area contributed by atoms with Gasteiger partial charge in [-0.15, -0.1) is 11.8 Å². The molecule has 1 atom stereocenters. The lowest BCUT2D eigenvalue weighted by atomic mass is 10.0. The minimum atomic E-state index is -5.06. The van der Waals surface area contributed by atoms with Crippen LogP contribution in [-0.2, 0) is 20.7 Å². The van der Waals surface area contributed by atoms with Gasteiger partial charge in [0.05, 0.1) is 11.6 Å². The summed E-state index contributed by atoms with van der Waals surface area (Å²) in [6.45, 7) is 2.87. The summed E-state index contributed by atoms with van der Waals surface area (Å²) in [7, 11) is 0. The number of amides is 1. The first-order valence-corrected chi connectivity index (χ1v) is 9.93. The van der Waals surface area contributed by atoms with Crippen LogP contribution in [0.15, 0.2) is 17.0 Å². The fourth-order valence-electron chi connectivity index (χ4n) is 2.68. The monoisotopic (exact) mass is 440 g/mol. The summed E-state index contributed by atoms with van der Waals surface area (Å²) in [6.07, 6.45) is -6.14. The van der Waals surface area contributed by atoms with Crippen LogP contribution < -0.4 is 10.6 Å². The summed E-state index contributed by atoms with van der Waals surface area (Å²) in [5.74, 6) is -1.75. The Morgan fingerprint density at radius 2 is 2.14 bits per heavy atom. The molecule has 0 saturated heterocycles. The van der Waals surface area contributed by atoms with Crippen LogP contribution in [0, 0.1) is 0 Å². The molecular formula is C17H20ClF3N2O4S. The van der Waals surface area contributed by atoms with E-state index >= 15 is 0 Å². The smallest absolute Gasteiger partial charge is 0.450 e. The average Bonchev–Trinajstić information content (AvgIpc) is 2.82. The van der Waals surface area contributed by atoms with Crippen LogP contribution in [0.1, 0.15) is 24.2 Å². The number of nitrogens with one attached hydrogen (secondary N) is 2. The Morgan fingerprint density at radius 3 is 2.82 bits per heavy atom. The quantitative estimate of drug-likeness (QED) is 0.401. The molecule has 0 radical (unpaired) electrons. The number of halogens is 4. The van der Waals surface area contributed by atoms with E-state index < -0.39 is 24.3 Å². The van der Waals surface area contributed by atoms with Crippen molar-refractivity contribution < 1.29 is 32.2 Å². The average molecular weight is 441 g/mol. The molecular weight excluding hydrogens is 421 g/mol. The standard InChI is InChI=1S/C17H20ClF3N2O4S/c1-2-26-16(25)23-7-8-28-14-11-5-6-22-9-13(10(11)3-4-12(14)18)27-15(24)17(19,20)21/h3-4,13,22H,2,5-9H2,1H3,(H,23,25). The zero-order valence-electron chi connectivity index (χ0n) is 15.0. The maximum Gasteiger partial charge on any atom is 0.490 e. The minimum absolute atomic E-state index is 0.0744. The molecule has 0 fully saturated rings. The Hall–Kier alpha value is -1.65. The van der Waals surface area contributed by atoms with Crippen molar-refractivity contribution in [2.75, 3.05) is 32.0 Å². The van der Waals surface area contributed by atoms with Crippen molar-refractivity contribution in [3.8, 4) is 0 Å². The van der Waals surface area contributed by atoms with Crippen LogP contribution in [0.5, 0.6) is 0 Å². The topological polar surface area (TPSA) is 76.7 Å². The summed E-state index contributed by atoms with van der Waals surface area (Å²) in [6, 6.07) is 3.15. The van der Waals surface area contributed by atoms with Crippen LogP contribution in [0.3, 0.4) is 0 Å². The zero-order chi connectivity index (χ0) is 20.7. The molecule has 0 saturated carbocycles. The van der Waals surface area contributed by atoms with Gasteiger partial charge in [0.1, 0.15) is 6.10 Å². The molecule has 1 aromatic carbocycles. The molecule has 156 valence electrons. The first-order valence-electron chi connectivity index (χ1n) is 8.57.